The number of hydrogen-bond donors (Lipinski definition) is 0. The molecule has 0 amide bonds. The van der Waals surface area contributed by atoms with E-state index in [-0.39, 0.29) is 16.6 Å². The zero-order valence-electron chi connectivity index (χ0n) is 18.3. The van der Waals surface area contributed by atoms with Gasteiger partial charge in [0.1, 0.15) is 11.4 Å². The molecule has 2 aromatic heterocycles. The number of allylic oxidation sites excluding steroid dienone is 1. The van der Waals surface area contributed by atoms with Crippen molar-refractivity contribution in [3.05, 3.63) is 70.3 Å². The summed E-state index contributed by atoms with van der Waals surface area (Å²) in [6, 6.07) is 6.82. The van der Waals surface area contributed by atoms with Crippen LogP contribution in [0.3, 0.4) is 0 Å². The molecule has 32 heavy (non-hydrogen) atoms. The van der Waals surface area contributed by atoms with Crippen LogP contribution in [0.25, 0.3) is 6.08 Å². The molecule has 168 valence electrons. The molecule has 0 unspecified atom stereocenters. The maximum Gasteiger partial charge on any atom is 0.280 e. The summed E-state index contributed by atoms with van der Waals surface area (Å²) in [5, 5.41) is 4.49. The van der Waals surface area contributed by atoms with Crippen LogP contribution >= 0.6 is 11.8 Å². The highest BCUT2D eigenvalue weighted by atomic mass is 32.2. The van der Waals surface area contributed by atoms with Crippen LogP contribution in [0.4, 0.5) is 8.78 Å². The van der Waals surface area contributed by atoms with Crippen LogP contribution in [0, 0.1) is 13.8 Å². The van der Waals surface area contributed by atoms with Crippen LogP contribution < -0.4 is 4.74 Å². The number of ketones is 1. The number of nitrogens with zero attached hydrogens (tertiary/aromatic N) is 4. The number of ether oxygens (including phenoxy) is 1. The van der Waals surface area contributed by atoms with Gasteiger partial charge in [0.05, 0.1) is 18.9 Å². The van der Waals surface area contributed by atoms with Crippen LogP contribution in [0.1, 0.15) is 51.9 Å². The van der Waals surface area contributed by atoms with Crippen LogP contribution in [0.2, 0.25) is 0 Å². The Labute approximate surface area is 189 Å². The fourth-order valence-corrected chi connectivity index (χ4v) is 4.06. The third-order valence-electron chi connectivity index (χ3n) is 4.83. The van der Waals surface area contributed by atoms with Gasteiger partial charge >= 0.3 is 0 Å². The lowest BCUT2D eigenvalue weighted by molar-refractivity contribution is 0.104. The number of aromatic nitrogens is 4. The normalized spacial score (nSPS) is 11.5. The Kier molecular flexibility index (Phi) is 7.74. The Bertz CT molecular complexity index is 1150. The van der Waals surface area contributed by atoms with Gasteiger partial charge in [-0.15, -0.1) is 0 Å². The summed E-state index contributed by atoms with van der Waals surface area (Å²) in [6.07, 6.45) is 2.18. The summed E-state index contributed by atoms with van der Waals surface area (Å²) in [4.78, 5) is 20.7. The first-order valence-electron chi connectivity index (χ1n) is 10.0. The van der Waals surface area contributed by atoms with Crippen LogP contribution in [-0.2, 0) is 12.3 Å². The fourth-order valence-electron chi connectivity index (χ4n) is 3.17. The van der Waals surface area contributed by atoms with Crippen molar-refractivity contribution in [1.29, 1.82) is 0 Å². The Hall–Kier alpha value is -3.07. The van der Waals surface area contributed by atoms with Crippen molar-refractivity contribution in [2.24, 2.45) is 0 Å². The molecule has 0 fully saturated rings. The molecule has 3 aromatic rings. The van der Waals surface area contributed by atoms with Gasteiger partial charge in [-0.3, -0.25) is 9.48 Å². The summed E-state index contributed by atoms with van der Waals surface area (Å²) >= 11 is 1.25. The van der Waals surface area contributed by atoms with Gasteiger partial charge in [0.2, 0.25) is 0 Å². The van der Waals surface area contributed by atoms with E-state index in [0.717, 1.165) is 16.8 Å². The molecule has 0 bridgehead atoms. The van der Waals surface area contributed by atoms with Crippen molar-refractivity contribution in [3.63, 3.8) is 0 Å². The average Bonchev–Trinajstić information content (AvgIpc) is 3.16. The van der Waals surface area contributed by atoms with Gasteiger partial charge in [-0.25, -0.2) is 18.7 Å². The van der Waals surface area contributed by atoms with E-state index >= 15 is 0 Å². The van der Waals surface area contributed by atoms with Gasteiger partial charge in [0.15, 0.2) is 10.9 Å². The van der Waals surface area contributed by atoms with Gasteiger partial charge in [-0.05, 0) is 50.6 Å². The molecule has 0 N–H and O–H groups in total. The molecule has 0 saturated carbocycles. The van der Waals surface area contributed by atoms with Crippen molar-refractivity contribution >= 4 is 23.6 Å². The largest absolute Gasteiger partial charge is 0.496 e. The topological polar surface area (TPSA) is 69.9 Å². The molecule has 9 heteroatoms. The van der Waals surface area contributed by atoms with Gasteiger partial charge in [0, 0.05) is 29.2 Å². The standard InChI is InChI=1S/C23H24F2N4O2S/c1-5-29-15(3)18(12-26-29)20(30)8-6-16-7-9-21(31-4)17(11-16)13-32-23-27-14(2)10-19(28-23)22(24)25/h6-12,22H,5,13H2,1-4H3/b8-6+. The van der Waals surface area contributed by atoms with Crippen molar-refractivity contribution in [1.82, 2.24) is 19.7 Å². The van der Waals surface area contributed by atoms with E-state index in [1.165, 1.54) is 23.9 Å². The third-order valence-corrected chi connectivity index (χ3v) is 5.73. The van der Waals surface area contributed by atoms with Gasteiger partial charge in [-0.1, -0.05) is 23.9 Å². The van der Waals surface area contributed by atoms with Crippen molar-refractivity contribution < 1.29 is 18.3 Å². The Morgan fingerprint density at radius 1 is 1.25 bits per heavy atom. The first kappa shape index (κ1) is 23.6. The maximum absolute atomic E-state index is 13.0. The van der Waals surface area contributed by atoms with Gasteiger partial charge < -0.3 is 4.74 Å². The molecule has 6 nitrogen and oxygen atoms in total. The summed E-state index contributed by atoms with van der Waals surface area (Å²) in [5.74, 6) is 0.956. The maximum atomic E-state index is 13.0. The van der Waals surface area contributed by atoms with Crippen molar-refractivity contribution in [2.45, 2.75) is 44.7 Å². The SMILES string of the molecule is CCn1ncc(C(=O)/C=C/c2ccc(OC)c(CSc3nc(C)cc(C(F)F)n3)c2)c1C. The first-order valence-corrected chi connectivity index (χ1v) is 11.0. The lowest BCUT2D eigenvalue weighted by Gasteiger charge is -2.10. The van der Waals surface area contributed by atoms with Crippen molar-refractivity contribution in [2.75, 3.05) is 7.11 Å². The number of rotatable bonds is 9. The van der Waals surface area contributed by atoms with Crippen LogP contribution in [0.15, 0.2) is 41.7 Å². The molecule has 0 aliphatic rings. The molecule has 2 heterocycles. The number of methoxy groups -OCH3 is 1. The highest BCUT2D eigenvalue weighted by molar-refractivity contribution is 7.98. The number of halogens is 2. The molecule has 0 atom stereocenters. The third kappa shape index (κ3) is 5.59. The Balaban J connectivity index is 1.77. The molecular formula is C23H24F2N4O2S. The molecule has 0 radical (unpaired) electrons. The second-order valence-electron chi connectivity index (χ2n) is 7.03. The fraction of sp³-hybridized carbons (Fsp3) is 0.304. The summed E-state index contributed by atoms with van der Waals surface area (Å²) < 4.78 is 33.2. The van der Waals surface area contributed by atoms with E-state index in [2.05, 4.69) is 15.1 Å². The molecular weight excluding hydrogens is 434 g/mol. The van der Waals surface area contributed by atoms with E-state index in [0.29, 0.717) is 29.3 Å². The minimum Gasteiger partial charge on any atom is -0.496 e. The average molecular weight is 459 g/mol. The molecule has 0 aliphatic heterocycles. The van der Waals surface area contributed by atoms with E-state index in [4.69, 9.17) is 4.74 Å². The van der Waals surface area contributed by atoms with Gasteiger partial charge in [0.25, 0.3) is 6.43 Å². The van der Waals surface area contributed by atoms with Crippen LogP contribution in [0.5, 0.6) is 5.75 Å². The zero-order valence-corrected chi connectivity index (χ0v) is 19.1. The molecule has 0 saturated heterocycles. The minimum atomic E-state index is -2.65. The predicted octanol–water partition coefficient (Wildman–Crippen LogP) is 5.44. The molecule has 1 aromatic carbocycles. The zero-order chi connectivity index (χ0) is 23.3. The second-order valence-corrected chi connectivity index (χ2v) is 7.98. The summed E-state index contributed by atoms with van der Waals surface area (Å²) in [5.41, 5.74) is 3.25. The van der Waals surface area contributed by atoms with Gasteiger partial charge in [-0.2, -0.15) is 5.10 Å². The number of benzene rings is 1. The smallest absolute Gasteiger partial charge is 0.280 e. The first-order chi connectivity index (χ1) is 15.3. The lowest BCUT2D eigenvalue weighted by atomic mass is 10.1. The number of hydrogen-bond acceptors (Lipinski definition) is 6. The number of thioether (sulfide) groups is 1. The highest BCUT2D eigenvalue weighted by Gasteiger charge is 2.14. The monoisotopic (exact) mass is 458 g/mol. The lowest BCUT2D eigenvalue weighted by Crippen LogP contribution is -2.01. The summed E-state index contributed by atoms with van der Waals surface area (Å²) in [6.45, 7) is 6.20. The molecule has 0 aliphatic carbocycles. The van der Waals surface area contributed by atoms with E-state index in [1.807, 2.05) is 32.0 Å². The molecule has 3 rings (SSSR count). The second kappa shape index (κ2) is 10.5. The summed E-state index contributed by atoms with van der Waals surface area (Å²) in [7, 11) is 1.56. The molecule has 0 spiro atoms. The number of alkyl halides is 2. The van der Waals surface area contributed by atoms with E-state index < -0.39 is 6.43 Å². The minimum absolute atomic E-state index is 0.123. The quantitative estimate of drug-likeness (QED) is 0.184. The number of carbonyl (C=O) groups is 1. The Morgan fingerprint density at radius 2 is 2.03 bits per heavy atom. The predicted molar refractivity (Wildman–Crippen MR) is 120 cm³/mol. The number of carbonyl (C=O) groups excluding carboxylic acids is 1. The highest BCUT2D eigenvalue weighted by Crippen LogP contribution is 2.29. The Morgan fingerprint density at radius 3 is 2.69 bits per heavy atom. The van der Waals surface area contributed by atoms with E-state index in [1.54, 1.807) is 31.0 Å². The van der Waals surface area contributed by atoms with E-state index in [9.17, 15) is 13.6 Å². The number of aryl methyl sites for hydroxylation is 2. The van der Waals surface area contributed by atoms with Crippen molar-refractivity contribution in [3.8, 4) is 5.75 Å². The van der Waals surface area contributed by atoms with Crippen LogP contribution in [-0.4, -0.2) is 32.6 Å².